The first-order valence-corrected chi connectivity index (χ1v) is 7.25. The first kappa shape index (κ1) is 16.9. The van der Waals surface area contributed by atoms with E-state index >= 15 is 0 Å². The molecular weight excluding hydrogens is 281 g/mol. The highest BCUT2D eigenvalue weighted by Crippen LogP contribution is 2.23. The normalized spacial score (nSPS) is 14.2. The molecule has 0 aromatic heterocycles. The molecule has 0 amide bonds. The van der Waals surface area contributed by atoms with Crippen molar-refractivity contribution in [3.05, 3.63) is 29.6 Å². The van der Waals surface area contributed by atoms with Crippen molar-refractivity contribution in [2.75, 3.05) is 13.9 Å². The van der Waals surface area contributed by atoms with Crippen LogP contribution in [0.4, 0.5) is 4.39 Å². The van der Waals surface area contributed by atoms with E-state index in [2.05, 4.69) is 4.40 Å². The van der Waals surface area contributed by atoms with E-state index in [0.29, 0.717) is 17.0 Å². The Labute approximate surface area is 122 Å². The Morgan fingerprint density at radius 1 is 1.40 bits per heavy atom. The lowest BCUT2D eigenvalue weighted by molar-refractivity contribution is 0.0509. The Morgan fingerprint density at radius 2 is 2.05 bits per heavy atom. The third kappa shape index (κ3) is 4.77. The van der Waals surface area contributed by atoms with Gasteiger partial charge < -0.3 is 14.0 Å². The molecule has 1 unspecified atom stereocenters. The lowest BCUT2D eigenvalue weighted by Crippen LogP contribution is -2.26. The summed E-state index contributed by atoms with van der Waals surface area (Å²) in [5.74, 6) is 0.0428. The summed E-state index contributed by atoms with van der Waals surface area (Å²) in [7, 11) is 1.50. The average Bonchev–Trinajstić information content (AvgIpc) is 2.36. The molecular formula is C14H20FNO3S. The van der Waals surface area contributed by atoms with Crippen LogP contribution >= 0.6 is 0 Å². The van der Waals surface area contributed by atoms with Gasteiger partial charge in [-0.25, -0.2) is 4.39 Å². The lowest BCUT2D eigenvalue weighted by Gasteiger charge is -2.19. The second-order valence-corrected chi connectivity index (χ2v) is 7.14. The van der Waals surface area contributed by atoms with E-state index in [9.17, 15) is 8.94 Å². The van der Waals surface area contributed by atoms with Gasteiger partial charge in [-0.2, -0.15) is 0 Å². The van der Waals surface area contributed by atoms with Gasteiger partial charge in [0.1, 0.15) is 27.7 Å². The maximum atomic E-state index is 13.4. The van der Waals surface area contributed by atoms with E-state index in [1.807, 2.05) is 20.8 Å². The number of nitrogens with zero attached hydrogens (tertiary/aromatic N) is 1. The minimum absolute atomic E-state index is 0.0499. The molecule has 0 fully saturated rings. The minimum atomic E-state index is -1.41. The van der Waals surface area contributed by atoms with Crippen molar-refractivity contribution in [3.63, 3.8) is 0 Å². The zero-order chi connectivity index (χ0) is 15.3. The van der Waals surface area contributed by atoms with Gasteiger partial charge in [0.2, 0.25) is 0 Å². The van der Waals surface area contributed by atoms with Crippen LogP contribution in [0.1, 0.15) is 33.3 Å². The molecule has 1 aromatic carbocycles. The van der Waals surface area contributed by atoms with Gasteiger partial charge in [0, 0.05) is 12.7 Å². The van der Waals surface area contributed by atoms with Crippen molar-refractivity contribution in [3.8, 4) is 5.75 Å². The molecule has 1 rings (SSSR count). The van der Waals surface area contributed by atoms with Gasteiger partial charge >= 0.3 is 0 Å². The molecule has 0 saturated heterocycles. The Hall–Kier alpha value is -1.11. The summed E-state index contributed by atoms with van der Waals surface area (Å²) >= 11 is -1.41. The molecule has 0 bridgehead atoms. The van der Waals surface area contributed by atoms with E-state index in [1.165, 1.54) is 25.3 Å². The SMILES string of the molecule is COCOc1ccc(F)cc1C(C)=N[S+]([O-])C(C)(C)C. The van der Waals surface area contributed by atoms with Crippen LogP contribution in [0.2, 0.25) is 0 Å². The van der Waals surface area contributed by atoms with E-state index in [4.69, 9.17) is 9.47 Å². The minimum Gasteiger partial charge on any atom is -0.591 e. The predicted molar refractivity (Wildman–Crippen MR) is 79.0 cm³/mol. The lowest BCUT2D eigenvalue weighted by atomic mass is 10.1. The Balaban J connectivity index is 3.10. The first-order valence-electron chi connectivity index (χ1n) is 6.14. The number of rotatable bonds is 5. The molecule has 4 nitrogen and oxygen atoms in total. The topological polar surface area (TPSA) is 53.9 Å². The number of halogens is 1. The van der Waals surface area contributed by atoms with Crippen molar-refractivity contribution in [1.82, 2.24) is 0 Å². The third-order valence-corrected chi connectivity index (χ3v) is 3.89. The molecule has 1 aromatic rings. The van der Waals surface area contributed by atoms with Gasteiger partial charge in [-0.1, -0.05) is 4.40 Å². The van der Waals surface area contributed by atoms with Crippen LogP contribution in [0.25, 0.3) is 0 Å². The van der Waals surface area contributed by atoms with Gasteiger partial charge in [-0.15, -0.1) is 0 Å². The molecule has 1 atom stereocenters. The van der Waals surface area contributed by atoms with Gasteiger partial charge in [0.15, 0.2) is 6.79 Å². The van der Waals surface area contributed by atoms with Crippen molar-refractivity contribution >= 4 is 17.1 Å². The number of hydrogen-bond donors (Lipinski definition) is 0. The molecule has 20 heavy (non-hydrogen) atoms. The maximum Gasteiger partial charge on any atom is 0.188 e. The van der Waals surface area contributed by atoms with Crippen LogP contribution in [0, 0.1) is 5.82 Å². The zero-order valence-electron chi connectivity index (χ0n) is 12.4. The Morgan fingerprint density at radius 3 is 2.60 bits per heavy atom. The molecule has 112 valence electrons. The molecule has 0 spiro atoms. The smallest absolute Gasteiger partial charge is 0.188 e. The number of ether oxygens (including phenoxy) is 2. The van der Waals surface area contributed by atoms with Crippen molar-refractivity contribution < 1.29 is 18.4 Å². The van der Waals surface area contributed by atoms with Crippen LogP contribution in [0.3, 0.4) is 0 Å². The quantitative estimate of drug-likeness (QED) is 0.477. The molecule has 0 aliphatic heterocycles. The molecule has 6 heteroatoms. The maximum absolute atomic E-state index is 13.4. The van der Waals surface area contributed by atoms with E-state index in [0.717, 1.165) is 0 Å². The summed E-state index contributed by atoms with van der Waals surface area (Å²) in [6.45, 7) is 7.21. The fourth-order valence-electron chi connectivity index (χ4n) is 1.34. The summed E-state index contributed by atoms with van der Waals surface area (Å²) in [4.78, 5) is 0. The molecule has 0 aliphatic carbocycles. The van der Waals surface area contributed by atoms with Crippen LogP contribution < -0.4 is 4.74 Å². The highest BCUT2D eigenvalue weighted by Gasteiger charge is 2.27. The van der Waals surface area contributed by atoms with Gasteiger partial charge in [-0.3, -0.25) is 0 Å². The van der Waals surface area contributed by atoms with Crippen LogP contribution in [-0.2, 0) is 16.1 Å². The predicted octanol–water partition coefficient (Wildman–Crippen LogP) is 3.08. The summed E-state index contributed by atoms with van der Waals surface area (Å²) in [5.41, 5.74) is 0.934. The summed E-state index contributed by atoms with van der Waals surface area (Å²) in [5, 5.41) is 0. The average molecular weight is 301 g/mol. The molecule has 0 saturated carbocycles. The Kier molecular flexibility index (Phi) is 5.98. The standard InChI is InChI=1S/C14H20FNO3S/c1-10(16-20(17)14(2,3)4)12-8-11(15)6-7-13(12)19-9-18-5/h6-8H,9H2,1-5H3. The van der Waals surface area contributed by atoms with Crippen molar-refractivity contribution in [2.24, 2.45) is 4.40 Å². The Bertz CT molecular complexity index is 486. The van der Waals surface area contributed by atoms with Gasteiger partial charge in [0.05, 0.1) is 5.71 Å². The first-order chi connectivity index (χ1) is 9.25. The molecule has 0 heterocycles. The summed E-state index contributed by atoms with van der Waals surface area (Å²) in [6.07, 6.45) is 0. The fraction of sp³-hybridized carbons (Fsp3) is 0.500. The number of hydrogen-bond acceptors (Lipinski definition) is 4. The number of benzene rings is 1. The highest BCUT2D eigenvalue weighted by molar-refractivity contribution is 7.91. The van der Waals surface area contributed by atoms with Crippen LogP contribution in [-0.4, -0.2) is 28.9 Å². The molecule has 0 N–H and O–H groups in total. The van der Waals surface area contributed by atoms with E-state index in [-0.39, 0.29) is 6.79 Å². The van der Waals surface area contributed by atoms with E-state index in [1.54, 1.807) is 6.92 Å². The van der Waals surface area contributed by atoms with E-state index < -0.39 is 21.9 Å². The van der Waals surface area contributed by atoms with Crippen LogP contribution in [0.5, 0.6) is 5.75 Å². The third-order valence-electron chi connectivity index (χ3n) is 2.41. The highest BCUT2D eigenvalue weighted by atomic mass is 32.2. The van der Waals surface area contributed by atoms with Crippen molar-refractivity contribution in [1.29, 1.82) is 0 Å². The summed E-state index contributed by atoms with van der Waals surface area (Å²) < 4.78 is 39.3. The van der Waals surface area contributed by atoms with Crippen LogP contribution in [0.15, 0.2) is 22.6 Å². The summed E-state index contributed by atoms with van der Waals surface area (Å²) in [6, 6.07) is 4.11. The van der Waals surface area contributed by atoms with Crippen molar-refractivity contribution in [2.45, 2.75) is 32.4 Å². The largest absolute Gasteiger partial charge is 0.591 e. The van der Waals surface area contributed by atoms with Gasteiger partial charge in [-0.05, 0) is 45.9 Å². The molecule has 0 aliphatic rings. The second kappa shape index (κ2) is 7.06. The number of methoxy groups -OCH3 is 1. The zero-order valence-corrected chi connectivity index (χ0v) is 13.2. The fourth-order valence-corrected chi connectivity index (χ4v) is 1.96. The second-order valence-electron chi connectivity index (χ2n) is 5.23. The monoisotopic (exact) mass is 301 g/mol. The van der Waals surface area contributed by atoms with Gasteiger partial charge in [0.25, 0.3) is 0 Å². The molecule has 0 radical (unpaired) electrons.